The number of likely N-dealkylation sites (tertiary alicyclic amines) is 1. The van der Waals surface area contributed by atoms with Crippen LogP contribution < -0.4 is 14.8 Å². The van der Waals surface area contributed by atoms with Crippen LogP contribution in [-0.2, 0) is 26.3 Å². The van der Waals surface area contributed by atoms with E-state index in [1.54, 1.807) is 6.92 Å². The number of nitrogens with zero attached hydrogens (tertiary/aromatic N) is 3. The van der Waals surface area contributed by atoms with Crippen molar-refractivity contribution in [3.63, 3.8) is 0 Å². The number of carbonyl (C=O) groups excluding carboxylic acids is 1. The van der Waals surface area contributed by atoms with Crippen LogP contribution in [0.4, 0.5) is 5.69 Å². The van der Waals surface area contributed by atoms with Gasteiger partial charge in [-0.25, -0.2) is 14.7 Å². The lowest BCUT2D eigenvalue weighted by Gasteiger charge is -2.46. The van der Waals surface area contributed by atoms with E-state index in [0.29, 0.717) is 24.4 Å². The van der Waals surface area contributed by atoms with E-state index in [4.69, 9.17) is 5.14 Å². The van der Waals surface area contributed by atoms with Crippen LogP contribution in [0.15, 0.2) is 34.9 Å². The number of β-lactam (4-membered cyclic amide) rings is 1. The average Bonchev–Trinajstić information content (AvgIpc) is 3.28. The monoisotopic (exact) mass is 553 g/mol. The van der Waals surface area contributed by atoms with Gasteiger partial charge in [0, 0.05) is 61.5 Å². The summed E-state index contributed by atoms with van der Waals surface area (Å²) < 4.78 is 25.6. The van der Waals surface area contributed by atoms with Gasteiger partial charge in [0.15, 0.2) is 0 Å². The predicted molar refractivity (Wildman–Crippen MR) is 142 cm³/mol. The summed E-state index contributed by atoms with van der Waals surface area (Å²) in [7, 11) is 0.0744. The van der Waals surface area contributed by atoms with Crippen LogP contribution in [0, 0.1) is 11.8 Å². The molecule has 2 saturated heterocycles. The summed E-state index contributed by atoms with van der Waals surface area (Å²) in [6.07, 6.45) is -0.241. The molecule has 13 heteroatoms. The first-order chi connectivity index (χ1) is 17.3. The Balaban J connectivity index is 1.54. The number of aliphatic hydroxyl groups excluding tert-OH is 1. The molecular formula is C24H35N5O6S2. The van der Waals surface area contributed by atoms with Crippen LogP contribution in [-0.4, -0.2) is 90.9 Å². The highest BCUT2D eigenvalue weighted by Gasteiger charge is 2.60. The van der Waals surface area contributed by atoms with Crippen LogP contribution in [0.5, 0.6) is 0 Å². The van der Waals surface area contributed by atoms with Crippen molar-refractivity contribution in [2.45, 2.75) is 50.3 Å². The number of thioether (sulfide) groups is 1. The zero-order valence-corrected chi connectivity index (χ0v) is 23.0. The smallest absolute Gasteiger partial charge is 0.353 e. The fraction of sp³-hybridized carbons (Fsp3) is 0.583. The Morgan fingerprint density at radius 1 is 1.30 bits per heavy atom. The van der Waals surface area contributed by atoms with Crippen molar-refractivity contribution >= 4 is 39.5 Å². The van der Waals surface area contributed by atoms with Gasteiger partial charge < -0.3 is 20.0 Å². The van der Waals surface area contributed by atoms with Crippen molar-refractivity contribution in [3.05, 3.63) is 40.4 Å². The molecule has 0 spiro atoms. The summed E-state index contributed by atoms with van der Waals surface area (Å²) in [5.74, 6) is -2.34. The number of carboxylic acid groups (broad SMARTS) is 1. The van der Waals surface area contributed by atoms with E-state index in [0.717, 1.165) is 11.3 Å². The molecule has 0 radical (unpaired) electrons. The maximum atomic E-state index is 12.7. The molecule has 37 heavy (non-hydrogen) atoms. The summed E-state index contributed by atoms with van der Waals surface area (Å²) in [5, 5.41) is 25.2. The van der Waals surface area contributed by atoms with Gasteiger partial charge in [0.05, 0.1) is 18.1 Å². The molecule has 2 fully saturated rings. The molecule has 11 nitrogen and oxygen atoms in total. The third kappa shape index (κ3) is 5.66. The van der Waals surface area contributed by atoms with Crippen molar-refractivity contribution in [1.29, 1.82) is 0 Å². The molecule has 3 aliphatic heterocycles. The molecule has 0 saturated carbocycles. The molecule has 5 N–H and O–H groups in total. The molecule has 0 aromatic heterocycles. The van der Waals surface area contributed by atoms with Gasteiger partial charge in [-0.2, -0.15) is 8.42 Å². The van der Waals surface area contributed by atoms with Gasteiger partial charge in [-0.15, -0.1) is 11.8 Å². The first kappa shape index (κ1) is 27.9. The Kier molecular flexibility index (Phi) is 7.94. The summed E-state index contributed by atoms with van der Waals surface area (Å²) in [4.78, 5) is 31.0. The Hall–Kier alpha value is -2.16. The Bertz CT molecular complexity index is 1190. The minimum Gasteiger partial charge on any atom is -0.477 e. The number of hydrogen-bond acceptors (Lipinski definition) is 8. The van der Waals surface area contributed by atoms with Crippen LogP contribution in [0.1, 0.15) is 25.8 Å². The molecule has 6 atom stereocenters. The highest BCUT2D eigenvalue weighted by molar-refractivity contribution is 8.03. The van der Waals surface area contributed by atoms with Crippen molar-refractivity contribution in [2.75, 3.05) is 32.1 Å². The van der Waals surface area contributed by atoms with Crippen molar-refractivity contribution in [2.24, 2.45) is 17.0 Å². The zero-order chi connectivity index (χ0) is 27.2. The van der Waals surface area contributed by atoms with E-state index < -0.39 is 28.2 Å². The highest BCUT2D eigenvalue weighted by atomic mass is 32.2. The number of amides is 1. The molecule has 0 unspecified atom stereocenters. The number of fused-ring (bicyclic) bond motifs is 1. The maximum absolute atomic E-state index is 12.7. The van der Waals surface area contributed by atoms with Gasteiger partial charge >= 0.3 is 5.97 Å². The lowest BCUT2D eigenvalue weighted by Crippen LogP contribution is -2.63. The Labute approximate surface area is 221 Å². The van der Waals surface area contributed by atoms with E-state index in [2.05, 4.69) is 9.62 Å². The third-order valence-electron chi connectivity index (χ3n) is 7.45. The Morgan fingerprint density at radius 2 is 1.95 bits per heavy atom. The number of aliphatic carboxylic acids is 1. The van der Waals surface area contributed by atoms with Gasteiger partial charge in [0.1, 0.15) is 5.70 Å². The van der Waals surface area contributed by atoms with Crippen molar-refractivity contribution < 1.29 is 28.2 Å². The van der Waals surface area contributed by atoms with E-state index in [1.165, 1.54) is 16.7 Å². The van der Waals surface area contributed by atoms with Crippen LogP contribution in [0.25, 0.3) is 0 Å². The predicted octanol–water partition coefficient (Wildman–Crippen LogP) is 0.376. The van der Waals surface area contributed by atoms with E-state index in [1.807, 2.05) is 50.2 Å². The van der Waals surface area contributed by atoms with Crippen LogP contribution in [0.2, 0.25) is 0 Å². The SMILES string of the molecule is C[C@@H](O)[C@H]1C(=O)N2C(C(=O)O)=C(S[C@H]3C[C@@H](CNS(N)(=O)=O)N(Cc4ccc(N(C)C)cc4)C3)[C@H](C)[C@H]12. The lowest BCUT2D eigenvalue weighted by molar-refractivity contribution is -0.163. The van der Waals surface area contributed by atoms with Crippen molar-refractivity contribution in [3.8, 4) is 0 Å². The summed E-state index contributed by atoms with van der Waals surface area (Å²) in [6.45, 7) is 4.81. The molecule has 0 aliphatic carbocycles. The van der Waals surface area contributed by atoms with Crippen LogP contribution in [0.3, 0.4) is 0 Å². The highest BCUT2D eigenvalue weighted by Crippen LogP contribution is 2.52. The number of carboxylic acids is 1. The number of benzene rings is 1. The average molecular weight is 554 g/mol. The zero-order valence-electron chi connectivity index (χ0n) is 21.4. The third-order valence-corrected chi connectivity index (χ3v) is 9.52. The van der Waals surface area contributed by atoms with Crippen LogP contribution >= 0.6 is 11.8 Å². The van der Waals surface area contributed by atoms with E-state index >= 15 is 0 Å². The minimum atomic E-state index is -3.86. The van der Waals surface area contributed by atoms with Crippen molar-refractivity contribution in [1.82, 2.24) is 14.5 Å². The van der Waals surface area contributed by atoms with E-state index in [9.17, 15) is 28.2 Å². The molecule has 1 aromatic rings. The molecule has 3 heterocycles. The first-order valence-electron chi connectivity index (χ1n) is 12.2. The number of anilines is 1. The van der Waals surface area contributed by atoms with E-state index in [-0.39, 0.29) is 41.4 Å². The Morgan fingerprint density at radius 3 is 2.49 bits per heavy atom. The molecule has 1 aromatic carbocycles. The molecule has 0 bridgehead atoms. The fourth-order valence-corrected chi connectivity index (χ4v) is 7.65. The molecular weight excluding hydrogens is 518 g/mol. The molecule has 4 rings (SSSR count). The van der Waals surface area contributed by atoms with Gasteiger partial charge in [-0.05, 0) is 31.0 Å². The minimum absolute atomic E-state index is 0.00124. The van der Waals surface area contributed by atoms with Gasteiger partial charge in [0.2, 0.25) is 5.91 Å². The number of rotatable bonds is 10. The number of hydrogen-bond donors (Lipinski definition) is 4. The second-order valence-corrected chi connectivity index (χ2v) is 13.0. The second-order valence-electron chi connectivity index (χ2n) is 10.3. The number of nitrogens with two attached hydrogens (primary N) is 1. The summed E-state index contributed by atoms with van der Waals surface area (Å²) in [6, 6.07) is 7.62. The lowest BCUT2D eigenvalue weighted by atomic mass is 9.79. The number of nitrogens with one attached hydrogen (secondary N) is 1. The summed E-state index contributed by atoms with van der Waals surface area (Å²) in [5.41, 5.74) is 2.15. The summed E-state index contributed by atoms with van der Waals surface area (Å²) >= 11 is 1.45. The largest absolute Gasteiger partial charge is 0.477 e. The maximum Gasteiger partial charge on any atom is 0.353 e. The van der Waals surface area contributed by atoms with Gasteiger partial charge in [0.25, 0.3) is 10.2 Å². The molecule has 204 valence electrons. The fourth-order valence-electron chi connectivity index (χ4n) is 5.63. The number of aliphatic hydroxyl groups is 1. The van der Waals surface area contributed by atoms with Gasteiger partial charge in [-0.1, -0.05) is 19.1 Å². The normalized spacial score (nSPS) is 28.9. The second kappa shape index (κ2) is 10.5. The number of carbonyl (C=O) groups is 2. The standard InChI is InChI=1S/C24H35N5O6S2/c1-13-20-19(14(2)30)23(31)29(20)21(24(32)33)22(13)36-18-9-17(10-26-37(25,34)35)28(12-18)11-15-5-7-16(8-6-15)27(3)4/h5-8,13-14,17-20,26,30H,9-12H2,1-4H3,(H,32,33)(H2,25,34,35)/t13-,14-,17+,18+,19-,20-/m1/s1. The quantitative estimate of drug-likeness (QED) is 0.301. The van der Waals surface area contributed by atoms with Gasteiger partial charge in [-0.3, -0.25) is 9.69 Å². The topological polar surface area (TPSA) is 157 Å². The molecule has 3 aliphatic rings. The first-order valence-corrected chi connectivity index (χ1v) is 14.6. The molecule has 1 amide bonds.